The van der Waals surface area contributed by atoms with Crippen LogP contribution in [0.15, 0.2) is 22.7 Å². The zero-order chi connectivity index (χ0) is 14.7. The van der Waals surface area contributed by atoms with Crippen LogP contribution in [0.3, 0.4) is 0 Å². The summed E-state index contributed by atoms with van der Waals surface area (Å²) in [5.74, 6) is 0.933. The predicted octanol–water partition coefficient (Wildman–Crippen LogP) is 3.96. The van der Waals surface area contributed by atoms with Gasteiger partial charge in [-0.2, -0.15) is 0 Å². The first kappa shape index (κ1) is 15.2. The van der Waals surface area contributed by atoms with E-state index in [1.807, 2.05) is 6.07 Å². The highest BCUT2D eigenvalue weighted by atomic mass is 79.9. The van der Waals surface area contributed by atoms with E-state index in [9.17, 15) is 0 Å². The minimum Gasteiger partial charge on any atom is -0.497 e. The first-order valence-electron chi connectivity index (χ1n) is 8.06. The van der Waals surface area contributed by atoms with Crippen LogP contribution in [0, 0.1) is 0 Å². The maximum Gasteiger partial charge on any atom is 0.121 e. The minimum atomic E-state index is 0.317. The van der Waals surface area contributed by atoms with Crippen molar-refractivity contribution in [3.63, 3.8) is 0 Å². The molecule has 0 aromatic heterocycles. The molecule has 1 spiro atoms. The summed E-state index contributed by atoms with van der Waals surface area (Å²) in [6.07, 6.45) is 7.94. The lowest BCUT2D eigenvalue weighted by Crippen LogP contribution is -2.52. The van der Waals surface area contributed by atoms with E-state index in [4.69, 9.17) is 4.74 Å². The van der Waals surface area contributed by atoms with Gasteiger partial charge < -0.3 is 15.0 Å². The molecule has 1 aliphatic heterocycles. The van der Waals surface area contributed by atoms with Gasteiger partial charge in [-0.25, -0.2) is 0 Å². The number of methoxy groups -OCH3 is 1. The van der Waals surface area contributed by atoms with E-state index < -0.39 is 0 Å². The van der Waals surface area contributed by atoms with E-state index in [-0.39, 0.29) is 0 Å². The van der Waals surface area contributed by atoms with Gasteiger partial charge in [0.05, 0.1) is 12.8 Å². The van der Waals surface area contributed by atoms with Crippen molar-refractivity contribution in [2.75, 3.05) is 31.6 Å². The SMILES string of the molecule is COc1ccc(Br)c(N2CCCNC3(CCCCC3)C2)c1. The number of nitrogens with zero attached hydrogens (tertiary/aromatic N) is 1. The second-order valence-electron chi connectivity index (χ2n) is 6.36. The Morgan fingerprint density at radius 3 is 2.76 bits per heavy atom. The second kappa shape index (κ2) is 6.57. The van der Waals surface area contributed by atoms with Crippen molar-refractivity contribution in [3.05, 3.63) is 22.7 Å². The normalized spacial score (nSPS) is 22.1. The highest BCUT2D eigenvalue weighted by Crippen LogP contribution is 2.36. The summed E-state index contributed by atoms with van der Waals surface area (Å²) in [6.45, 7) is 3.36. The molecule has 3 nitrogen and oxygen atoms in total. The lowest BCUT2D eigenvalue weighted by Gasteiger charge is -2.40. The van der Waals surface area contributed by atoms with E-state index in [1.54, 1.807) is 7.11 Å². The van der Waals surface area contributed by atoms with E-state index in [1.165, 1.54) is 44.2 Å². The van der Waals surface area contributed by atoms with Crippen LogP contribution in [-0.4, -0.2) is 32.3 Å². The molecule has 21 heavy (non-hydrogen) atoms. The number of halogens is 1. The highest BCUT2D eigenvalue weighted by molar-refractivity contribution is 9.10. The lowest BCUT2D eigenvalue weighted by atomic mass is 9.81. The molecule has 0 amide bonds. The molecule has 2 aliphatic rings. The highest BCUT2D eigenvalue weighted by Gasteiger charge is 2.35. The molecule has 1 saturated carbocycles. The Balaban J connectivity index is 1.86. The zero-order valence-corrected chi connectivity index (χ0v) is 14.4. The number of ether oxygens (including phenoxy) is 1. The molecule has 1 heterocycles. The fraction of sp³-hybridized carbons (Fsp3) is 0.647. The van der Waals surface area contributed by atoms with Gasteiger partial charge in [0.1, 0.15) is 5.75 Å². The number of rotatable bonds is 2. The van der Waals surface area contributed by atoms with Crippen LogP contribution in [0.5, 0.6) is 5.75 Å². The standard InChI is InChI=1S/C17H25BrN2O/c1-21-14-6-7-15(18)16(12-14)20-11-5-10-19-17(13-20)8-3-2-4-9-17/h6-7,12,19H,2-5,8-11,13H2,1H3. The third kappa shape index (κ3) is 3.37. The molecule has 0 atom stereocenters. The van der Waals surface area contributed by atoms with Crippen LogP contribution in [0.25, 0.3) is 0 Å². The largest absolute Gasteiger partial charge is 0.497 e. The summed E-state index contributed by atoms with van der Waals surface area (Å²) < 4.78 is 6.57. The molecule has 116 valence electrons. The van der Waals surface area contributed by atoms with Gasteiger partial charge in [0.2, 0.25) is 0 Å². The van der Waals surface area contributed by atoms with E-state index in [0.717, 1.165) is 29.9 Å². The van der Waals surface area contributed by atoms with Gasteiger partial charge in [-0.15, -0.1) is 0 Å². The number of benzene rings is 1. The monoisotopic (exact) mass is 352 g/mol. The molecule has 2 fully saturated rings. The smallest absolute Gasteiger partial charge is 0.121 e. The average Bonchev–Trinajstić information content (AvgIpc) is 2.71. The van der Waals surface area contributed by atoms with Crippen molar-refractivity contribution in [1.29, 1.82) is 0 Å². The molecular weight excluding hydrogens is 328 g/mol. The Morgan fingerprint density at radius 1 is 1.19 bits per heavy atom. The third-order valence-electron chi connectivity index (χ3n) is 4.90. The first-order valence-corrected chi connectivity index (χ1v) is 8.85. The van der Waals surface area contributed by atoms with Gasteiger partial charge in [0.25, 0.3) is 0 Å². The lowest BCUT2D eigenvalue weighted by molar-refractivity contribution is 0.246. The zero-order valence-electron chi connectivity index (χ0n) is 12.8. The quantitative estimate of drug-likeness (QED) is 0.871. The summed E-state index contributed by atoms with van der Waals surface area (Å²) >= 11 is 3.72. The first-order chi connectivity index (χ1) is 10.2. The van der Waals surface area contributed by atoms with Crippen LogP contribution in [0.2, 0.25) is 0 Å². The third-order valence-corrected chi connectivity index (χ3v) is 5.57. The molecule has 1 aliphatic carbocycles. The van der Waals surface area contributed by atoms with Gasteiger partial charge >= 0.3 is 0 Å². The predicted molar refractivity (Wildman–Crippen MR) is 91.3 cm³/mol. The van der Waals surface area contributed by atoms with Crippen LogP contribution in [0.4, 0.5) is 5.69 Å². The topological polar surface area (TPSA) is 24.5 Å². The van der Waals surface area contributed by atoms with Crippen molar-refractivity contribution >= 4 is 21.6 Å². The summed E-state index contributed by atoms with van der Waals surface area (Å²) in [6, 6.07) is 6.27. The fourth-order valence-electron chi connectivity index (χ4n) is 3.75. The van der Waals surface area contributed by atoms with Crippen LogP contribution in [-0.2, 0) is 0 Å². The molecule has 3 rings (SSSR count). The van der Waals surface area contributed by atoms with Crippen molar-refractivity contribution in [1.82, 2.24) is 5.32 Å². The van der Waals surface area contributed by atoms with Gasteiger partial charge in [0, 0.05) is 29.2 Å². The summed E-state index contributed by atoms with van der Waals surface area (Å²) in [4.78, 5) is 2.54. The van der Waals surface area contributed by atoms with Crippen LogP contribution < -0.4 is 15.0 Å². The Kier molecular flexibility index (Phi) is 4.75. The number of nitrogens with one attached hydrogen (secondary N) is 1. The second-order valence-corrected chi connectivity index (χ2v) is 7.21. The summed E-state index contributed by atoms with van der Waals surface area (Å²) in [5.41, 5.74) is 1.58. The average molecular weight is 353 g/mol. The molecular formula is C17H25BrN2O. The van der Waals surface area contributed by atoms with Gasteiger partial charge in [-0.1, -0.05) is 19.3 Å². The molecule has 1 saturated heterocycles. The van der Waals surface area contributed by atoms with E-state index in [0.29, 0.717) is 5.54 Å². The van der Waals surface area contributed by atoms with Crippen LogP contribution >= 0.6 is 15.9 Å². The molecule has 1 N–H and O–H groups in total. The fourth-order valence-corrected chi connectivity index (χ4v) is 4.25. The van der Waals surface area contributed by atoms with Gasteiger partial charge in [-0.3, -0.25) is 0 Å². The molecule has 0 unspecified atom stereocenters. The van der Waals surface area contributed by atoms with Crippen LogP contribution in [0.1, 0.15) is 38.5 Å². The number of hydrogen-bond donors (Lipinski definition) is 1. The molecule has 1 aromatic carbocycles. The van der Waals surface area contributed by atoms with Crippen molar-refractivity contribution < 1.29 is 4.74 Å². The number of hydrogen-bond acceptors (Lipinski definition) is 3. The van der Waals surface area contributed by atoms with E-state index in [2.05, 4.69) is 38.3 Å². The van der Waals surface area contributed by atoms with Crippen molar-refractivity contribution in [2.45, 2.75) is 44.1 Å². The van der Waals surface area contributed by atoms with Crippen molar-refractivity contribution in [2.24, 2.45) is 0 Å². The Labute approximate surface area is 136 Å². The number of anilines is 1. The van der Waals surface area contributed by atoms with Gasteiger partial charge in [-0.05, 0) is 53.9 Å². The summed E-state index contributed by atoms with van der Waals surface area (Å²) in [5, 5.41) is 3.86. The van der Waals surface area contributed by atoms with Crippen molar-refractivity contribution in [3.8, 4) is 5.75 Å². The molecule has 1 aromatic rings. The maximum absolute atomic E-state index is 5.41. The molecule has 0 radical (unpaired) electrons. The molecule has 4 heteroatoms. The summed E-state index contributed by atoms with van der Waals surface area (Å²) in [7, 11) is 1.74. The Morgan fingerprint density at radius 2 is 2.00 bits per heavy atom. The maximum atomic E-state index is 5.41. The minimum absolute atomic E-state index is 0.317. The Hall–Kier alpha value is -0.740. The molecule has 0 bridgehead atoms. The van der Waals surface area contributed by atoms with Gasteiger partial charge in [0.15, 0.2) is 0 Å². The van der Waals surface area contributed by atoms with E-state index >= 15 is 0 Å². The Bertz CT molecular complexity index is 486.